The molecular formula is C29H44O5. The number of ether oxygens (including phenoxy) is 2. The molecule has 0 aromatic rings. The van der Waals surface area contributed by atoms with Crippen molar-refractivity contribution >= 4 is 11.9 Å². The Kier molecular flexibility index (Phi) is 8.83. The lowest BCUT2D eigenvalue weighted by Crippen LogP contribution is -2.32. The van der Waals surface area contributed by atoms with Gasteiger partial charge in [0.1, 0.15) is 12.2 Å². The first-order valence-electron chi connectivity index (χ1n) is 13.2. The number of allylic oxidation sites excluding steroid dienone is 5. The average molecular weight is 473 g/mol. The number of carbonyl (C=O) groups is 2. The topological polar surface area (TPSA) is 72.8 Å². The van der Waals surface area contributed by atoms with E-state index in [1.807, 2.05) is 0 Å². The SMILES string of the molecule is CCC(O)(CC)CCC1=CCC2/C(=C/C=C3/CC(OC(C)=O)C[C@H](OC(C)=O)C3)CCC[C@]12C. The molecule has 0 aliphatic heterocycles. The molecule has 0 saturated heterocycles. The van der Waals surface area contributed by atoms with Crippen LogP contribution >= 0.6 is 0 Å². The molecule has 1 N–H and O–H groups in total. The van der Waals surface area contributed by atoms with Gasteiger partial charge in [-0.2, -0.15) is 0 Å². The molecule has 3 aliphatic carbocycles. The third-order valence-electron chi connectivity index (χ3n) is 8.59. The predicted molar refractivity (Wildman–Crippen MR) is 134 cm³/mol. The van der Waals surface area contributed by atoms with E-state index in [-0.39, 0.29) is 29.6 Å². The lowest BCUT2D eigenvalue weighted by atomic mass is 9.63. The van der Waals surface area contributed by atoms with Gasteiger partial charge in [-0.3, -0.25) is 9.59 Å². The number of esters is 2. The standard InChI is InChI=1S/C29H44O5/c1-6-29(32,7-2)16-14-24-12-13-27-23(9-8-15-28(24,27)5)11-10-22-17-25(33-20(3)30)19-26(18-22)34-21(4)31/h10-12,25-27,32H,6-9,13-19H2,1-5H3/b22-10-,23-11+/t25?,26-,27?,28-/m1/s1. The van der Waals surface area contributed by atoms with Crippen molar-refractivity contribution in [2.24, 2.45) is 11.3 Å². The highest BCUT2D eigenvalue weighted by molar-refractivity contribution is 5.67. The Labute approximate surface area is 205 Å². The average Bonchev–Trinajstić information content (AvgIpc) is 3.11. The van der Waals surface area contributed by atoms with Gasteiger partial charge in [0.25, 0.3) is 0 Å². The number of hydrogen-bond donors (Lipinski definition) is 1. The number of rotatable bonds is 8. The van der Waals surface area contributed by atoms with Gasteiger partial charge in [-0.25, -0.2) is 0 Å². The van der Waals surface area contributed by atoms with Gasteiger partial charge in [-0.15, -0.1) is 0 Å². The maximum atomic E-state index is 11.5. The minimum atomic E-state index is -0.551. The Hall–Kier alpha value is -1.88. The van der Waals surface area contributed by atoms with Crippen LogP contribution in [0, 0.1) is 11.3 Å². The van der Waals surface area contributed by atoms with Crippen LogP contribution in [0.25, 0.3) is 0 Å². The van der Waals surface area contributed by atoms with Gasteiger partial charge in [0.2, 0.25) is 0 Å². The summed E-state index contributed by atoms with van der Waals surface area (Å²) in [6.45, 7) is 9.43. The van der Waals surface area contributed by atoms with Crippen LogP contribution in [0.4, 0.5) is 0 Å². The Bertz CT molecular complexity index is 821. The van der Waals surface area contributed by atoms with Crippen LogP contribution in [-0.4, -0.2) is 34.9 Å². The van der Waals surface area contributed by atoms with Crippen molar-refractivity contribution in [3.8, 4) is 0 Å². The van der Waals surface area contributed by atoms with Crippen LogP contribution < -0.4 is 0 Å². The number of hydrogen-bond acceptors (Lipinski definition) is 5. The van der Waals surface area contributed by atoms with Crippen LogP contribution in [0.5, 0.6) is 0 Å². The van der Waals surface area contributed by atoms with E-state index in [1.165, 1.54) is 43.4 Å². The molecule has 2 saturated carbocycles. The fraction of sp³-hybridized carbons (Fsp3) is 0.724. The molecule has 5 nitrogen and oxygen atoms in total. The van der Waals surface area contributed by atoms with Gasteiger partial charge in [-0.05, 0) is 62.7 Å². The molecule has 0 amide bonds. The second-order valence-electron chi connectivity index (χ2n) is 10.9. The zero-order valence-electron chi connectivity index (χ0n) is 21.8. The zero-order chi connectivity index (χ0) is 24.9. The van der Waals surface area contributed by atoms with Gasteiger partial charge in [0.15, 0.2) is 0 Å². The summed E-state index contributed by atoms with van der Waals surface area (Å²) in [6.07, 6.45) is 16.4. The van der Waals surface area contributed by atoms with Crippen molar-refractivity contribution < 1.29 is 24.2 Å². The predicted octanol–water partition coefficient (Wildman–Crippen LogP) is 6.35. The van der Waals surface area contributed by atoms with E-state index in [9.17, 15) is 14.7 Å². The van der Waals surface area contributed by atoms with Crippen molar-refractivity contribution in [1.29, 1.82) is 0 Å². The fourth-order valence-corrected chi connectivity index (χ4v) is 6.40. The molecule has 2 unspecified atom stereocenters. The Morgan fingerprint density at radius 1 is 1.12 bits per heavy atom. The van der Waals surface area contributed by atoms with Crippen LogP contribution in [0.15, 0.2) is 34.9 Å². The number of fused-ring (bicyclic) bond motifs is 1. The molecule has 0 bridgehead atoms. The van der Waals surface area contributed by atoms with E-state index in [4.69, 9.17) is 9.47 Å². The summed E-state index contributed by atoms with van der Waals surface area (Å²) in [4.78, 5) is 23.0. The molecule has 34 heavy (non-hydrogen) atoms. The summed E-state index contributed by atoms with van der Waals surface area (Å²) in [5.74, 6) is -0.0739. The van der Waals surface area contributed by atoms with E-state index in [0.29, 0.717) is 25.2 Å². The Balaban J connectivity index is 1.73. The third kappa shape index (κ3) is 6.41. The molecule has 3 aliphatic rings. The van der Waals surface area contributed by atoms with E-state index < -0.39 is 5.60 Å². The summed E-state index contributed by atoms with van der Waals surface area (Å²) in [7, 11) is 0. The number of aliphatic hydroxyl groups is 1. The molecule has 4 atom stereocenters. The van der Waals surface area contributed by atoms with Crippen molar-refractivity contribution in [3.05, 3.63) is 34.9 Å². The normalized spacial score (nSPS) is 31.8. The van der Waals surface area contributed by atoms with Crippen LogP contribution in [0.3, 0.4) is 0 Å². The molecular weight excluding hydrogens is 428 g/mol. The highest BCUT2D eigenvalue weighted by Gasteiger charge is 2.44. The van der Waals surface area contributed by atoms with Crippen LogP contribution in [0.2, 0.25) is 0 Å². The highest BCUT2D eigenvalue weighted by Crippen LogP contribution is 2.56. The number of carbonyl (C=O) groups excluding carboxylic acids is 2. The molecule has 2 fully saturated rings. The second-order valence-corrected chi connectivity index (χ2v) is 10.9. The summed E-state index contributed by atoms with van der Waals surface area (Å²) >= 11 is 0. The maximum absolute atomic E-state index is 11.5. The van der Waals surface area contributed by atoms with Crippen molar-refractivity contribution in [2.45, 2.75) is 123 Å². The summed E-state index contributed by atoms with van der Waals surface area (Å²) in [5.41, 5.74) is 3.82. The monoisotopic (exact) mass is 472 g/mol. The molecule has 3 rings (SSSR count). The first-order chi connectivity index (χ1) is 16.1. The quantitative estimate of drug-likeness (QED) is 0.329. The summed E-state index contributed by atoms with van der Waals surface area (Å²) in [6, 6.07) is 0. The smallest absolute Gasteiger partial charge is 0.302 e. The van der Waals surface area contributed by atoms with Crippen LogP contribution in [0.1, 0.15) is 105 Å². The first-order valence-corrected chi connectivity index (χ1v) is 13.2. The fourth-order valence-electron chi connectivity index (χ4n) is 6.40. The molecule has 0 aromatic heterocycles. The van der Waals surface area contributed by atoms with Gasteiger partial charge >= 0.3 is 11.9 Å². The molecule has 0 radical (unpaired) electrons. The lowest BCUT2D eigenvalue weighted by molar-refractivity contribution is -0.154. The summed E-state index contributed by atoms with van der Waals surface area (Å²) in [5, 5.41) is 10.8. The van der Waals surface area contributed by atoms with Crippen molar-refractivity contribution in [3.63, 3.8) is 0 Å². The van der Waals surface area contributed by atoms with Gasteiger partial charge in [-0.1, -0.05) is 55.7 Å². The minimum Gasteiger partial charge on any atom is -0.462 e. The maximum Gasteiger partial charge on any atom is 0.302 e. The third-order valence-corrected chi connectivity index (χ3v) is 8.59. The summed E-state index contributed by atoms with van der Waals surface area (Å²) < 4.78 is 11.0. The largest absolute Gasteiger partial charge is 0.462 e. The lowest BCUT2D eigenvalue weighted by Gasteiger charge is -2.41. The second kappa shape index (κ2) is 11.2. The first kappa shape index (κ1) is 26.7. The molecule has 0 aromatic carbocycles. The molecule has 0 heterocycles. The zero-order valence-corrected chi connectivity index (χ0v) is 21.8. The minimum absolute atomic E-state index is 0.179. The van der Waals surface area contributed by atoms with Crippen molar-refractivity contribution in [1.82, 2.24) is 0 Å². The molecule has 5 heteroatoms. The van der Waals surface area contributed by atoms with Crippen molar-refractivity contribution in [2.75, 3.05) is 0 Å². The van der Waals surface area contributed by atoms with E-state index >= 15 is 0 Å². The van der Waals surface area contributed by atoms with Gasteiger partial charge in [0.05, 0.1) is 5.60 Å². The van der Waals surface area contributed by atoms with Gasteiger partial charge in [0, 0.05) is 33.1 Å². The highest BCUT2D eigenvalue weighted by atomic mass is 16.6. The van der Waals surface area contributed by atoms with E-state index in [1.54, 1.807) is 0 Å². The van der Waals surface area contributed by atoms with Crippen LogP contribution in [-0.2, 0) is 19.1 Å². The Morgan fingerprint density at radius 3 is 2.29 bits per heavy atom. The van der Waals surface area contributed by atoms with Gasteiger partial charge < -0.3 is 14.6 Å². The Morgan fingerprint density at radius 2 is 1.74 bits per heavy atom. The molecule has 0 spiro atoms. The molecule has 190 valence electrons. The van der Waals surface area contributed by atoms with E-state index in [0.717, 1.165) is 38.5 Å². The van der Waals surface area contributed by atoms with E-state index in [2.05, 4.69) is 39.0 Å².